The van der Waals surface area contributed by atoms with Crippen LogP contribution in [0.15, 0.2) is 0 Å². The van der Waals surface area contributed by atoms with Crippen LogP contribution < -0.4 is 5.32 Å². The van der Waals surface area contributed by atoms with Crippen molar-refractivity contribution in [2.45, 2.75) is 24.5 Å². The second-order valence-corrected chi connectivity index (χ2v) is 5.79. The van der Waals surface area contributed by atoms with Crippen molar-refractivity contribution in [2.75, 3.05) is 25.4 Å². The summed E-state index contributed by atoms with van der Waals surface area (Å²) in [5.74, 6) is 0.133. The highest BCUT2D eigenvalue weighted by Crippen LogP contribution is 2.14. The van der Waals surface area contributed by atoms with Gasteiger partial charge < -0.3 is 10.4 Å². The van der Waals surface area contributed by atoms with Crippen LogP contribution in [0, 0.1) is 0 Å². The van der Waals surface area contributed by atoms with E-state index in [4.69, 9.17) is 5.11 Å². The Morgan fingerprint density at radius 3 is 2.46 bits per heavy atom. The van der Waals surface area contributed by atoms with Crippen LogP contribution in [0.1, 0.15) is 19.3 Å². The summed E-state index contributed by atoms with van der Waals surface area (Å²) in [6, 6.07) is 0. The van der Waals surface area contributed by atoms with Gasteiger partial charge in [0.15, 0.2) is 9.84 Å². The third-order valence-electron chi connectivity index (χ3n) is 2.38. The average Bonchev–Trinajstić information content (AvgIpc) is 2.16. The fraction of sp³-hybridized carbons (Fsp3) is 1.00. The molecule has 0 aromatic carbocycles. The predicted octanol–water partition coefficient (Wildman–Crippen LogP) is -0.464. The second-order valence-electron chi connectivity index (χ2n) is 3.39. The summed E-state index contributed by atoms with van der Waals surface area (Å²) in [6.45, 7) is 1.55. The van der Waals surface area contributed by atoms with E-state index < -0.39 is 9.84 Å². The summed E-state index contributed by atoms with van der Waals surface area (Å²) in [4.78, 5) is 0. The minimum atomic E-state index is -2.95. The van der Waals surface area contributed by atoms with Crippen molar-refractivity contribution in [2.24, 2.45) is 0 Å². The van der Waals surface area contributed by atoms with Gasteiger partial charge in [0.2, 0.25) is 0 Å². The molecule has 1 aliphatic heterocycles. The molecular weight excluding hydrogens is 190 g/mol. The lowest BCUT2D eigenvalue weighted by Crippen LogP contribution is -2.36. The Bertz CT molecular complexity index is 232. The first kappa shape index (κ1) is 10.9. The fourth-order valence-corrected chi connectivity index (χ4v) is 3.41. The second kappa shape index (κ2) is 4.93. The summed E-state index contributed by atoms with van der Waals surface area (Å²) >= 11 is 0. The van der Waals surface area contributed by atoms with E-state index in [9.17, 15) is 8.42 Å². The summed E-state index contributed by atoms with van der Waals surface area (Å²) in [6.07, 6.45) is 1.80. The number of aliphatic hydroxyl groups excluding tert-OH is 1. The van der Waals surface area contributed by atoms with E-state index in [0.29, 0.717) is 19.3 Å². The number of aliphatic hydroxyl groups is 1. The van der Waals surface area contributed by atoms with Gasteiger partial charge in [-0.15, -0.1) is 0 Å². The molecule has 0 atom stereocenters. The highest BCUT2D eigenvalue weighted by molar-refractivity contribution is 7.92. The normalized spacial score (nSPS) is 20.4. The molecule has 0 bridgehead atoms. The Labute approximate surface area is 79.3 Å². The molecule has 1 heterocycles. The van der Waals surface area contributed by atoms with E-state index in [0.717, 1.165) is 13.1 Å². The lowest BCUT2D eigenvalue weighted by atomic mass is 10.2. The molecule has 0 amide bonds. The molecule has 1 aliphatic rings. The van der Waals surface area contributed by atoms with Crippen molar-refractivity contribution in [3.8, 4) is 0 Å². The molecule has 0 aromatic rings. The minimum absolute atomic E-state index is 0.0375. The number of hydrogen-bond donors (Lipinski definition) is 2. The first-order valence-electron chi connectivity index (χ1n) is 4.70. The summed E-state index contributed by atoms with van der Waals surface area (Å²) in [5, 5.41) is 11.5. The summed E-state index contributed by atoms with van der Waals surface area (Å²) in [7, 11) is -2.95. The van der Waals surface area contributed by atoms with Gasteiger partial charge in [0, 0.05) is 6.61 Å². The molecule has 0 radical (unpaired) electrons. The van der Waals surface area contributed by atoms with Crippen molar-refractivity contribution >= 4 is 9.84 Å². The molecule has 0 spiro atoms. The first-order chi connectivity index (χ1) is 6.17. The fourth-order valence-electron chi connectivity index (χ4n) is 1.59. The highest BCUT2D eigenvalue weighted by Gasteiger charge is 2.26. The highest BCUT2D eigenvalue weighted by atomic mass is 32.2. The average molecular weight is 207 g/mol. The molecule has 13 heavy (non-hydrogen) atoms. The van der Waals surface area contributed by atoms with Gasteiger partial charge in [-0.2, -0.15) is 0 Å². The molecular formula is C8H17NO3S. The lowest BCUT2D eigenvalue weighted by Gasteiger charge is -2.22. The van der Waals surface area contributed by atoms with Crippen LogP contribution in [-0.4, -0.2) is 44.2 Å². The molecule has 1 rings (SSSR count). The van der Waals surface area contributed by atoms with E-state index >= 15 is 0 Å². The monoisotopic (exact) mass is 207 g/mol. The van der Waals surface area contributed by atoms with E-state index in [1.54, 1.807) is 0 Å². The van der Waals surface area contributed by atoms with Crippen LogP contribution in [0.5, 0.6) is 0 Å². The zero-order chi connectivity index (χ0) is 9.73. The maximum absolute atomic E-state index is 11.6. The van der Waals surface area contributed by atoms with Crippen LogP contribution in [-0.2, 0) is 9.84 Å². The number of piperidine rings is 1. The molecule has 5 heteroatoms. The molecule has 2 N–H and O–H groups in total. The maximum atomic E-state index is 11.6. The lowest BCUT2D eigenvalue weighted by molar-refractivity contribution is 0.295. The van der Waals surface area contributed by atoms with Crippen molar-refractivity contribution in [1.29, 1.82) is 0 Å². The number of hydrogen-bond acceptors (Lipinski definition) is 4. The quantitative estimate of drug-likeness (QED) is 0.654. The van der Waals surface area contributed by atoms with Gasteiger partial charge in [0.1, 0.15) is 0 Å². The number of sulfone groups is 1. The predicted molar refractivity (Wildman–Crippen MR) is 51.4 cm³/mol. The minimum Gasteiger partial charge on any atom is -0.396 e. The Hall–Kier alpha value is -0.130. The third kappa shape index (κ3) is 3.25. The molecule has 1 saturated heterocycles. The van der Waals surface area contributed by atoms with Crippen LogP contribution in [0.3, 0.4) is 0 Å². The van der Waals surface area contributed by atoms with Crippen molar-refractivity contribution < 1.29 is 13.5 Å². The zero-order valence-corrected chi connectivity index (χ0v) is 8.52. The molecule has 1 fully saturated rings. The third-order valence-corrected chi connectivity index (χ3v) is 4.73. The topological polar surface area (TPSA) is 66.4 Å². The van der Waals surface area contributed by atoms with E-state index in [1.165, 1.54) is 0 Å². The molecule has 0 saturated carbocycles. The smallest absolute Gasteiger partial charge is 0.153 e. The van der Waals surface area contributed by atoms with Crippen molar-refractivity contribution in [3.05, 3.63) is 0 Å². The summed E-state index contributed by atoms with van der Waals surface area (Å²) in [5.41, 5.74) is 0. The molecule has 0 aromatic heterocycles. The van der Waals surface area contributed by atoms with Gasteiger partial charge in [-0.3, -0.25) is 0 Å². The molecule has 78 valence electrons. The van der Waals surface area contributed by atoms with Gasteiger partial charge in [-0.1, -0.05) is 0 Å². The molecule has 4 nitrogen and oxygen atoms in total. The van der Waals surface area contributed by atoms with Crippen LogP contribution in [0.4, 0.5) is 0 Å². The van der Waals surface area contributed by atoms with Gasteiger partial charge >= 0.3 is 0 Å². The Morgan fingerprint density at radius 1 is 1.31 bits per heavy atom. The van der Waals surface area contributed by atoms with Crippen LogP contribution >= 0.6 is 0 Å². The first-order valence-corrected chi connectivity index (χ1v) is 6.41. The summed E-state index contributed by atoms with van der Waals surface area (Å²) < 4.78 is 23.2. The van der Waals surface area contributed by atoms with Crippen LogP contribution in [0.25, 0.3) is 0 Å². The van der Waals surface area contributed by atoms with E-state index in [-0.39, 0.29) is 17.6 Å². The van der Waals surface area contributed by atoms with Gasteiger partial charge in [0.05, 0.1) is 11.0 Å². The van der Waals surface area contributed by atoms with Gasteiger partial charge in [-0.25, -0.2) is 8.42 Å². The van der Waals surface area contributed by atoms with Crippen LogP contribution in [0.2, 0.25) is 0 Å². The van der Waals surface area contributed by atoms with Gasteiger partial charge in [-0.05, 0) is 32.4 Å². The number of rotatable bonds is 4. The largest absolute Gasteiger partial charge is 0.396 e. The van der Waals surface area contributed by atoms with Crippen molar-refractivity contribution in [3.63, 3.8) is 0 Å². The SMILES string of the molecule is O=S(=O)(CCCO)C1CCNCC1. The Kier molecular flexibility index (Phi) is 4.15. The maximum Gasteiger partial charge on any atom is 0.153 e. The van der Waals surface area contributed by atoms with Crippen molar-refractivity contribution in [1.82, 2.24) is 5.32 Å². The number of nitrogens with one attached hydrogen (secondary N) is 1. The molecule has 0 unspecified atom stereocenters. The Morgan fingerprint density at radius 2 is 1.92 bits per heavy atom. The van der Waals surface area contributed by atoms with E-state index in [1.807, 2.05) is 0 Å². The molecule has 0 aliphatic carbocycles. The standard InChI is InChI=1S/C8H17NO3S/c10-6-1-7-13(11,12)8-2-4-9-5-3-8/h8-10H,1-7H2. The van der Waals surface area contributed by atoms with Gasteiger partial charge in [0.25, 0.3) is 0 Å². The zero-order valence-electron chi connectivity index (χ0n) is 7.70. The van der Waals surface area contributed by atoms with E-state index in [2.05, 4.69) is 5.32 Å². The Balaban J connectivity index is 2.47.